The number of morpholine rings is 1. The van der Waals surface area contributed by atoms with E-state index < -0.39 is 0 Å². The molecule has 0 unspecified atom stereocenters. The molecule has 1 aromatic carbocycles. The van der Waals surface area contributed by atoms with E-state index in [-0.39, 0.29) is 0 Å². The maximum atomic E-state index is 5.60. The first-order valence-electron chi connectivity index (χ1n) is 13.9. The summed E-state index contributed by atoms with van der Waals surface area (Å²) in [6.07, 6.45) is 4.45. The number of hydrogen-bond acceptors (Lipinski definition) is 12. The number of fused-ring (bicyclic) bond motifs is 1. The van der Waals surface area contributed by atoms with Crippen molar-refractivity contribution >= 4 is 28.1 Å². The van der Waals surface area contributed by atoms with Crippen LogP contribution in [0.5, 0.6) is 11.5 Å². The summed E-state index contributed by atoms with van der Waals surface area (Å²) in [6, 6.07) is 9.44. The van der Waals surface area contributed by atoms with Gasteiger partial charge >= 0.3 is 0 Å². The first-order valence-corrected chi connectivity index (χ1v) is 14.7. The standard InChI is InChI=1S/C29H34N8O4S/c1-19-25(33-29(42-19)30-9-5-10-36-11-14-40-15-12-36)21-18-32-28(31-17-20-7-8-22(38-2)24(16-20)39-3)37-27(21)34-26(35-37)23-6-4-13-41-23/h4,6-8,13,16,18H,5,9-12,14-15,17H2,1-3H3,(H,30,33)(H,31,32). The number of nitrogens with one attached hydrogen (secondary N) is 2. The topological polar surface area (TPSA) is 124 Å². The van der Waals surface area contributed by atoms with Gasteiger partial charge in [0.1, 0.15) is 0 Å². The molecule has 13 heteroatoms. The smallest absolute Gasteiger partial charge is 0.226 e. The SMILES string of the molecule is COc1ccc(CNc2ncc(-c3nc(NCCCN4CCOCC4)sc3C)c3nc(-c4ccco4)nn23)cc1OC. The van der Waals surface area contributed by atoms with Crippen LogP contribution >= 0.6 is 11.3 Å². The second kappa shape index (κ2) is 12.8. The van der Waals surface area contributed by atoms with Crippen LogP contribution in [0.25, 0.3) is 28.5 Å². The third-order valence-corrected chi connectivity index (χ3v) is 8.02. The van der Waals surface area contributed by atoms with Gasteiger partial charge in [-0.1, -0.05) is 6.07 Å². The molecule has 2 N–H and O–H groups in total. The minimum atomic E-state index is 0.470. The van der Waals surface area contributed by atoms with Crippen molar-refractivity contribution in [2.24, 2.45) is 0 Å². The number of nitrogens with zero attached hydrogens (tertiary/aromatic N) is 6. The molecule has 0 spiro atoms. The highest BCUT2D eigenvalue weighted by Gasteiger charge is 2.20. The monoisotopic (exact) mass is 590 g/mol. The minimum Gasteiger partial charge on any atom is -0.493 e. The lowest BCUT2D eigenvalue weighted by atomic mass is 10.2. The molecule has 0 saturated carbocycles. The van der Waals surface area contributed by atoms with Crippen molar-refractivity contribution in [2.45, 2.75) is 19.9 Å². The summed E-state index contributed by atoms with van der Waals surface area (Å²) >= 11 is 1.63. The Morgan fingerprint density at radius 2 is 1.90 bits per heavy atom. The van der Waals surface area contributed by atoms with Gasteiger partial charge in [0.2, 0.25) is 11.8 Å². The third kappa shape index (κ3) is 6.03. The summed E-state index contributed by atoms with van der Waals surface area (Å²) in [5, 5.41) is 12.5. The van der Waals surface area contributed by atoms with Crippen molar-refractivity contribution in [3.05, 3.63) is 53.2 Å². The van der Waals surface area contributed by atoms with Crippen LogP contribution < -0.4 is 20.1 Å². The molecule has 6 rings (SSSR count). The molecule has 4 aromatic heterocycles. The zero-order valence-corrected chi connectivity index (χ0v) is 24.7. The number of thiazole rings is 1. The number of furan rings is 1. The van der Waals surface area contributed by atoms with Crippen molar-refractivity contribution in [1.29, 1.82) is 0 Å². The number of aromatic nitrogens is 5. The predicted molar refractivity (Wildman–Crippen MR) is 162 cm³/mol. The predicted octanol–water partition coefficient (Wildman–Crippen LogP) is 4.58. The molecule has 0 amide bonds. The Kier molecular flexibility index (Phi) is 8.49. The van der Waals surface area contributed by atoms with Gasteiger partial charge < -0.3 is 29.3 Å². The molecule has 0 radical (unpaired) electrons. The summed E-state index contributed by atoms with van der Waals surface area (Å²) in [4.78, 5) is 18.0. The Labute approximate surface area is 247 Å². The zero-order chi connectivity index (χ0) is 28.9. The van der Waals surface area contributed by atoms with Crippen LogP contribution in [0, 0.1) is 6.92 Å². The van der Waals surface area contributed by atoms with Gasteiger partial charge in [0.05, 0.1) is 45.0 Å². The van der Waals surface area contributed by atoms with Crippen LogP contribution in [0.15, 0.2) is 47.2 Å². The van der Waals surface area contributed by atoms with Gasteiger partial charge in [0, 0.05) is 37.3 Å². The Morgan fingerprint density at radius 3 is 2.69 bits per heavy atom. The van der Waals surface area contributed by atoms with Crippen LogP contribution in [0.3, 0.4) is 0 Å². The van der Waals surface area contributed by atoms with Crippen molar-refractivity contribution in [3.8, 4) is 34.3 Å². The normalized spacial score (nSPS) is 13.9. The molecule has 1 aliphatic heterocycles. The number of hydrogen-bond donors (Lipinski definition) is 2. The largest absolute Gasteiger partial charge is 0.493 e. The average Bonchev–Trinajstić information content (AvgIpc) is 3.79. The van der Waals surface area contributed by atoms with Gasteiger partial charge in [-0.05, 0) is 49.7 Å². The van der Waals surface area contributed by atoms with E-state index in [1.54, 1.807) is 42.5 Å². The van der Waals surface area contributed by atoms with Crippen LogP contribution in [0.1, 0.15) is 16.9 Å². The van der Waals surface area contributed by atoms with Crippen molar-refractivity contribution < 1.29 is 18.6 Å². The number of anilines is 2. The molecule has 12 nitrogen and oxygen atoms in total. The molecule has 0 bridgehead atoms. The van der Waals surface area contributed by atoms with Gasteiger partial charge in [-0.2, -0.15) is 4.52 Å². The van der Waals surface area contributed by atoms with Gasteiger partial charge in [0.25, 0.3) is 0 Å². The Hall–Kier alpha value is -4.20. The van der Waals surface area contributed by atoms with Gasteiger partial charge in [0.15, 0.2) is 28.0 Å². The second-order valence-corrected chi connectivity index (χ2v) is 11.0. The lowest BCUT2D eigenvalue weighted by Gasteiger charge is -2.26. The Bertz CT molecular complexity index is 1630. The summed E-state index contributed by atoms with van der Waals surface area (Å²) < 4.78 is 23.6. The molecular formula is C29H34N8O4S. The van der Waals surface area contributed by atoms with Crippen molar-refractivity contribution in [1.82, 2.24) is 29.5 Å². The van der Waals surface area contributed by atoms with E-state index in [2.05, 4.69) is 22.5 Å². The number of ether oxygens (including phenoxy) is 3. The van der Waals surface area contributed by atoms with Crippen LogP contribution in [-0.4, -0.2) is 83.1 Å². The molecule has 5 aromatic rings. The molecule has 5 heterocycles. The first-order chi connectivity index (χ1) is 20.6. The quantitative estimate of drug-likeness (QED) is 0.198. The number of methoxy groups -OCH3 is 2. The van der Waals surface area contributed by atoms with Gasteiger partial charge in [-0.3, -0.25) is 4.90 Å². The zero-order valence-electron chi connectivity index (χ0n) is 23.9. The van der Waals surface area contributed by atoms with E-state index in [1.165, 1.54) is 0 Å². The minimum absolute atomic E-state index is 0.470. The molecular weight excluding hydrogens is 556 g/mol. The van der Waals surface area contributed by atoms with Crippen LogP contribution in [0.4, 0.5) is 11.1 Å². The van der Waals surface area contributed by atoms with Crippen LogP contribution in [-0.2, 0) is 11.3 Å². The Balaban J connectivity index is 1.24. The second-order valence-electron chi connectivity index (χ2n) is 9.84. The maximum absolute atomic E-state index is 5.60. The van der Waals surface area contributed by atoms with Gasteiger partial charge in [-0.15, -0.1) is 16.4 Å². The molecule has 1 aliphatic rings. The summed E-state index contributed by atoms with van der Waals surface area (Å²) in [5.41, 5.74) is 3.27. The fourth-order valence-corrected chi connectivity index (χ4v) is 5.74. The van der Waals surface area contributed by atoms with E-state index in [1.807, 2.05) is 30.3 Å². The van der Waals surface area contributed by atoms with E-state index in [9.17, 15) is 0 Å². The molecule has 0 atom stereocenters. The van der Waals surface area contributed by atoms with Crippen molar-refractivity contribution in [3.63, 3.8) is 0 Å². The van der Waals surface area contributed by atoms with Gasteiger partial charge in [-0.25, -0.2) is 15.0 Å². The Morgan fingerprint density at radius 1 is 1.05 bits per heavy atom. The summed E-state index contributed by atoms with van der Waals surface area (Å²) in [5.74, 6) is 2.93. The van der Waals surface area contributed by atoms with E-state index in [4.69, 9.17) is 38.7 Å². The fraction of sp³-hybridized carbons (Fsp3) is 0.379. The van der Waals surface area contributed by atoms with Crippen molar-refractivity contribution in [2.75, 3.05) is 64.2 Å². The molecule has 1 saturated heterocycles. The van der Waals surface area contributed by atoms with E-state index in [0.717, 1.165) is 72.6 Å². The van der Waals surface area contributed by atoms with E-state index >= 15 is 0 Å². The maximum Gasteiger partial charge on any atom is 0.226 e. The number of aryl methyl sites for hydroxylation is 1. The summed E-state index contributed by atoms with van der Waals surface area (Å²) in [6.45, 7) is 8.10. The summed E-state index contributed by atoms with van der Waals surface area (Å²) in [7, 11) is 3.24. The lowest BCUT2D eigenvalue weighted by Crippen LogP contribution is -2.37. The van der Waals surface area contributed by atoms with E-state index in [0.29, 0.717) is 41.2 Å². The fourth-order valence-electron chi connectivity index (χ4n) is 4.89. The highest BCUT2D eigenvalue weighted by atomic mass is 32.1. The third-order valence-electron chi connectivity index (χ3n) is 7.09. The van der Waals surface area contributed by atoms with Crippen LogP contribution in [0.2, 0.25) is 0 Å². The number of benzene rings is 1. The molecule has 220 valence electrons. The molecule has 1 fully saturated rings. The molecule has 0 aliphatic carbocycles. The number of rotatable bonds is 12. The average molecular weight is 591 g/mol. The highest BCUT2D eigenvalue weighted by molar-refractivity contribution is 7.16. The highest BCUT2D eigenvalue weighted by Crippen LogP contribution is 2.34. The molecule has 42 heavy (non-hydrogen) atoms. The first kappa shape index (κ1) is 27.9. The lowest BCUT2D eigenvalue weighted by molar-refractivity contribution is 0.0378.